The molecule has 0 aliphatic carbocycles. The van der Waals surface area contributed by atoms with Crippen LogP contribution in [0.25, 0.3) is 11.2 Å². The number of unbranched alkanes of at least 4 members (excludes halogenated alkanes) is 8. The quantitative estimate of drug-likeness (QED) is 0.0312. The first-order chi connectivity index (χ1) is 22.0. The summed E-state index contributed by atoms with van der Waals surface area (Å²) in [5.41, 5.74) is 5.75. The fourth-order valence-corrected chi connectivity index (χ4v) is 6.30. The molecule has 0 saturated carbocycles. The van der Waals surface area contributed by atoms with Crippen molar-refractivity contribution in [1.29, 1.82) is 0 Å². The highest BCUT2D eigenvalue weighted by Gasteiger charge is 2.25. The summed E-state index contributed by atoms with van der Waals surface area (Å²) in [5.74, 6) is -3.31. The lowest BCUT2D eigenvalue weighted by atomic mass is 10.1. The number of halogens is 5. The fraction of sp³-hybridized carbons (Fsp3) is 0.567. The first-order valence-corrected chi connectivity index (χ1v) is 18.0. The predicted octanol–water partition coefficient (Wildman–Crippen LogP) is 7.35. The number of nitrogens with two attached hydrogens (primary N) is 1. The number of nitrogens with zero attached hydrogens (tertiary/aromatic N) is 4. The zero-order chi connectivity index (χ0) is 33.5. The van der Waals surface area contributed by atoms with Crippen molar-refractivity contribution in [2.75, 3.05) is 30.2 Å². The monoisotopic (exact) mass is 691 g/mol. The number of aromatic nitrogens is 4. The number of anilines is 1. The van der Waals surface area contributed by atoms with Gasteiger partial charge in [-0.15, -0.1) is 0 Å². The van der Waals surface area contributed by atoms with Crippen LogP contribution in [0.15, 0.2) is 12.7 Å². The van der Waals surface area contributed by atoms with Crippen LogP contribution in [0.5, 0.6) is 0 Å². The summed E-state index contributed by atoms with van der Waals surface area (Å²) in [6.07, 6.45) is 11.0. The molecular formula is C30H39F5N5O4PS. The Kier molecular flexibility index (Phi) is 15.7. The maximum atomic E-state index is 13.6. The highest BCUT2D eigenvalue weighted by molar-refractivity contribution is 7.99. The highest BCUT2D eigenvalue weighted by atomic mass is 32.2. The van der Waals surface area contributed by atoms with Gasteiger partial charge in [-0.05, 0) is 37.7 Å². The van der Waals surface area contributed by atoms with Gasteiger partial charge in [-0.1, -0.05) is 50.4 Å². The first kappa shape index (κ1) is 37.7. The van der Waals surface area contributed by atoms with E-state index in [2.05, 4.69) is 26.8 Å². The Morgan fingerprint density at radius 1 is 0.913 bits per heavy atom. The summed E-state index contributed by atoms with van der Waals surface area (Å²) < 4.78 is 91.5. The fourth-order valence-electron chi connectivity index (χ4n) is 4.43. The van der Waals surface area contributed by atoms with E-state index in [1.165, 1.54) is 6.33 Å². The van der Waals surface area contributed by atoms with Crippen molar-refractivity contribution in [2.24, 2.45) is 0 Å². The molecule has 0 aliphatic heterocycles. The molecule has 0 aliphatic rings. The van der Waals surface area contributed by atoms with Crippen LogP contribution < -0.4 is 5.73 Å². The Hall–Kier alpha value is -2.76. The van der Waals surface area contributed by atoms with Crippen LogP contribution in [0, 0.1) is 40.9 Å². The van der Waals surface area contributed by atoms with E-state index in [-0.39, 0.29) is 12.4 Å². The molecule has 2 heterocycles. The Morgan fingerprint density at radius 2 is 1.52 bits per heavy atom. The number of benzene rings is 1. The summed E-state index contributed by atoms with van der Waals surface area (Å²) in [6.45, 7) is 2.31. The maximum absolute atomic E-state index is 13.6. The average molecular weight is 692 g/mol. The number of thioether (sulfide) groups is 1. The van der Waals surface area contributed by atoms with E-state index >= 15 is 0 Å². The normalized spacial score (nSPS) is 13.5. The summed E-state index contributed by atoms with van der Waals surface area (Å²) in [6, 6.07) is 0. The molecular weight excluding hydrogens is 652 g/mol. The molecule has 0 amide bonds. The molecule has 1 unspecified atom stereocenters. The maximum Gasteiger partial charge on any atom is 0.353 e. The summed E-state index contributed by atoms with van der Waals surface area (Å²) in [4.78, 5) is 22.3. The van der Waals surface area contributed by atoms with E-state index in [0.29, 0.717) is 37.0 Å². The lowest BCUT2D eigenvalue weighted by Crippen LogP contribution is -2.17. The third-order valence-electron chi connectivity index (χ3n) is 6.90. The smallest absolute Gasteiger partial charge is 0.353 e. The van der Waals surface area contributed by atoms with Crippen LogP contribution in [0.1, 0.15) is 76.7 Å². The Bertz CT molecular complexity index is 1510. The zero-order valence-corrected chi connectivity index (χ0v) is 27.3. The molecule has 1 aromatic carbocycles. The number of imidazole rings is 1. The highest BCUT2D eigenvalue weighted by Crippen LogP contribution is 2.42. The molecule has 0 spiro atoms. The topological polar surface area (TPSA) is 125 Å². The van der Waals surface area contributed by atoms with Crippen molar-refractivity contribution in [2.45, 2.75) is 83.8 Å². The van der Waals surface area contributed by atoms with E-state index in [4.69, 9.17) is 15.0 Å². The van der Waals surface area contributed by atoms with Gasteiger partial charge in [0.05, 0.1) is 25.6 Å². The van der Waals surface area contributed by atoms with Crippen LogP contribution in [0.2, 0.25) is 0 Å². The standard InChI is InChI=1S/C30H39F5N5O4PS/c1-21(17-40-19-39-28-29(36)37-18-38-30(28)40)43-20-45(41,42)44-14-12-16-46-15-11-9-7-5-3-2-4-6-8-10-13-22-23(31)25(33)27(35)26(34)24(22)32/h18-19,21H,2-9,11-12,14-17,20H2,1H3,(H,41,42)(H2,36,37,38)/t21-/m1/s1. The van der Waals surface area contributed by atoms with Gasteiger partial charge in [0, 0.05) is 6.42 Å². The summed E-state index contributed by atoms with van der Waals surface area (Å²) >= 11 is 1.78. The Labute approximate surface area is 269 Å². The molecule has 3 aromatic rings. The van der Waals surface area contributed by atoms with Gasteiger partial charge in [0.1, 0.15) is 23.8 Å². The largest absolute Gasteiger partial charge is 0.382 e. The van der Waals surface area contributed by atoms with Gasteiger partial charge in [0.25, 0.3) is 0 Å². The molecule has 0 bridgehead atoms. The van der Waals surface area contributed by atoms with Gasteiger partial charge < -0.3 is 24.5 Å². The van der Waals surface area contributed by atoms with E-state index in [1.807, 2.05) is 0 Å². The zero-order valence-electron chi connectivity index (χ0n) is 25.6. The van der Waals surface area contributed by atoms with Crippen LogP contribution in [-0.4, -0.2) is 55.0 Å². The molecule has 3 rings (SSSR count). The third-order valence-corrected chi connectivity index (χ3v) is 9.11. The second kappa shape index (κ2) is 19.2. The van der Waals surface area contributed by atoms with Crippen molar-refractivity contribution >= 4 is 36.3 Å². The number of hydrogen-bond acceptors (Lipinski definition) is 8. The van der Waals surface area contributed by atoms with E-state index in [9.17, 15) is 31.4 Å². The average Bonchev–Trinajstić information content (AvgIpc) is 3.44. The van der Waals surface area contributed by atoms with Gasteiger partial charge in [0.2, 0.25) is 5.82 Å². The predicted molar refractivity (Wildman–Crippen MR) is 168 cm³/mol. The molecule has 0 saturated heterocycles. The van der Waals surface area contributed by atoms with E-state index < -0.39 is 54.7 Å². The lowest BCUT2D eigenvalue weighted by Gasteiger charge is -2.17. The van der Waals surface area contributed by atoms with E-state index in [0.717, 1.165) is 56.5 Å². The van der Waals surface area contributed by atoms with Gasteiger partial charge in [0.15, 0.2) is 34.7 Å². The Balaban J connectivity index is 1.13. The number of nitrogen functional groups attached to an aromatic ring is 1. The molecule has 2 aromatic heterocycles. The molecule has 3 N–H and O–H groups in total. The minimum atomic E-state index is -3.87. The van der Waals surface area contributed by atoms with Crippen molar-refractivity contribution in [3.05, 3.63) is 47.3 Å². The van der Waals surface area contributed by atoms with Crippen molar-refractivity contribution in [1.82, 2.24) is 19.5 Å². The molecule has 2 atom stereocenters. The van der Waals surface area contributed by atoms with Crippen LogP contribution in [0.3, 0.4) is 0 Å². The first-order valence-electron chi connectivity index (χ1n) is 15.1. The van der Waals surface area contributed by atoms with Gasteiger partial charge >= 0.3 is 7.60 Å². The van der Waals surface area contributed by atoms with Crippen LogP contribution in [0.4, 0.5) is 27.8 Å². The minimum absolute atomic E-state index is 0.170. The van der Waals surface area contributed by atoms with Crippen LogP contribution in [-0.2, 0) is 20.4 Å². The van der Waals surface area contributed by atoms with Crippen molar-refractivity contribution in [3.63, 3.8) is 0 Å². The SMILES string of the molecule is C[C@H](Cn1cnc2c(N)ncnc21)OCP(=O)(O)OCCCSCCCCCCCCCCC#Cc1c(F)c(F)c(F)c(F)c1F. The molecule has 46 heavy (non-hydrogen) atoms. The molecule has 0 fully saturated rings. The number of fused-ring (bicyclic) bond motifs is 1. The molecule has 9 nitrogen and oxygen atoms in total. The van der Waals surface area contributed by atoms with Crippen molar-refractivity contribution < 1.29 is 40.7 Å². The molecule has 254 valence electrons. The molecule has 0 radical (unpaired) electrons. The van der Waals surface area contributed by atoms with E-state index in [1.54, 1.807) is 29.6 Å². The second-order valence-electron chi connectivity index (χ2n) is 10.7. The Morgan fingerprint density at radius 3 is 2.22 bits per heavy atom. The summed E-state index contributed by atoms with van der Waals surface area (Å²) in [5, 5.41) is 0. The van der Waals surface area contributed by atoms with Crippen molar-refractivity contribution in [3.8, 4) is 11.8 Å². The number of ether oxygens (including phenoxy) is 1. The van der Waals surface area contributed by atoms with Gasteiger partial charge in [-0.2, -0.15) is 11.8 Å². The second-order valence-corrected chi connectivity index (χ2v) is 13.7. The number of rotatable bonds is 20. The van der Waals surface area contributed by atoms with Gasteiger partial charge in [-0.3, -0.25) is 4.57 Å². The minimum Gasteiger partial charge on any atom is -0.382 e. The summed E-state index contributed by atoms with van der Waals surface area (Å²) in [7, 11) is -3.87. The lowest BCUT2D eigenvalue weighted by molar-refractivity contribution is 0.0718. The molecule has 16 heteroatoms. The number of hydrogen-bond donors (Lipinski definition) is 2. The third kappa shape index (κ3) is 11.8. The van der Waals surface area contributed by atoms with Crippen LogP contribution >= 0.6 is 19.4 Å². The van der Waals surface area contributed by atoms with Gasteiger partial charge in [-0.25, -0.2) is 36.9 Å².